The molecule has 1 aliphatic rings. The van der Waals surface area contributed by atoms with Gasteiger partial charge in [-0.1, -0.05) is 25.8 Å². The molecular formula is C18H31N5. The maximum Gasteiger partial charge on any atom is 0.191 e. The molecule has 0 spiro atoms. The van der Waals surface area contributed by atoms with Crippen LogP contribution in [0.25, 0.3) is 0 Å². The molecule has 1 saturated carbocycles. The number of pyridine rings is 1. The van der Waals surface area contributed by atoms with E-state index in [4.69, 9.17) is 0 Å². The Kier molecular flexibility index (Phi) is 6.25. The van der Waals surface area contributed by atoms with Crippen LogP contribution in [-0.2, 0) is 6.54 Å². The zero-order valence-electron chi connectivity index (χ0n) is 15.0. The van der Waals surface area contributed by atoms with Crippen molar-refractivity contribution in [2.24, 2.45) is 10.4 Å². The van der Waals surface area contributed by atoms with Gasteiger partial charge in [-0.3, -0.25) is 4.99 Å². The van der Waals surface area contributed by atoms with Crippen molar-refractivity contribution in [1.82, 2.24) is 15.6 Å². The smallest absolute Gasteiger partial charge is 0.191 e. The average molecular weight is 317 g/mol. The van der Waals surface area contributed by atoms with Gasteiger partial charge in [0, 0.05) is 46.0 Å². The van der Waals surface area contributed by atoms with E-state index in [9.17, 15) is 0 Å². The zero-order chi connectivity index (χ0) is 16.7. The number of hydrogen-bond acceptors (Lipinski definition) is 3. The maximum absolute atomic E-state index is 4.44. The first kappa shape index (κ1) is 17.6. The summed E-state index contributed by atoms with van der Waals surface area (Å²) in [4.78, 5) is 10.8. The highest BCUT2D eigenvalue weighted by molar-refractivity contribution is 5.79. The van der Waals surface area contributed by atoms with Crippen LogP contribution in [0.2, 0.25) is 0 Å². The van der Waals surface area contributed by atoms with E-state index in [0.717, 1.165) is 24.9 Å². The Morgan fingerprint density at radius 1 is 1.30 bits per heavy atom. The molecule has 0 bridgehead atoms. The molecule has 0 aliphatic heterocycles. The van der Waals surface area contributed by atoms with E-state index < -0.39 is 0 Å². The molecule has 1 fully saturated rings. The number of rotatable bonds is 6. The Labute approximate surface area is 140 Å². The van der Waals surface area contributed by atoms with Crippen LogP contribution in [0.5, 0.6) is 0 Å². The minimum atomic E-state index is 0.459. The van der Waals surface area contributed by atoms with Crippen LogP contribution in [0.15, 0.2) is 23.3 Å². The van der Waals surface area contributed by atoms with E-state index in [0.29, 0.717) is 5.41 Å². The van der Waals surface area contributed by atoms with Crippen LogP contribution in [0, 0.1) is 5.41 Å². The van der Waals surface area contributed by atoms with Crippen LogP contribution < -0.4 is 15.5 Å². The zero-order valence-corrected chi connectivity index (χ0v) is 15.0. The highest BCUT2D eigenvalue weighted by Gasteiger charge is 2.31. The largest absolute Gasteiger partial charge is 0.362 e. The molecule has 0 radical (unpaired) electrons. The summed E-state index contributed by atoms with van der Waals surface area (Å²) in [6.07, 6.45) is 8.47. The fourth-order valence-electron chi connectivity index (χ4n) is 3.42. The first-order valence-corrected chi connectivity index (χ1v) is 8.66. The van der Waals surface area contributed by atoms with Gasteiger partial charge in [-0.15, -0.1) is 0 Å². The highest BCUT2D eigenvalue weighted by atomic mass is 15.2. The molecule has 0 saturated heterocycles. The fraction of sp³-hybridized carbons (Fsp3) is 0.667. The molecule has 0 atom stereocenters. The number of nitrogens with one attached hydrogen (secondary N) is 2. The molecule has 5 heteroatoms. The second kappa shape index (κ2) is 8.18. The molecule has 1 aromatic rings. The van der Waals surface area contributed by atoms with Crippen molar-refractivity contribution in [2.75, 3.05) is 32.6 Å². The summed E-state index contributed by atoms with van der Waals surface area (Å²) in [7, 11) is 5.87. The van der Waals surface area contributed by atoms with Gasteiger partial charge in [0.05, 0.1) is 0 Å². The highest BCUT2D eigenvalue weighted by Crippen LogP contribution is 2.40. The molecule has 1 aliphatic carbocycles. The number of aromatic nitrogens is 1. The van der Waals surface area contributed by atoms with Crippen molar-refractivity contribution in [1.29, 1.82) is 0 Å². The van der Waals surface area contributed by atoms with Crippen molar-refractivity contribution in [3.05, 3.63) is 23.9 Å². The number of aliphatic imine (C=N–C) groups is 1. The van der Waals surface area contributed by atoms with E-state index in [1.54, 1.807) is 0 Å². The number of anilines is 1. The van der Waals surface area contributed by atoms with E-state index in [1.165, 1.54) is 37.7 Å². The van der Waals surface area contributed by atoms with Gasteiger partial charge in [0.1, 0.15) is 5.82 Å². The predicted molar refractivity (Wildman–Crippen MR) is 98.0 cm³/mol. The normalized spacial score (nSPS) is 17.1. The van der Waals surface area contributed by atoms with E-state index in [2.05, 4.69) is 33.6 Å². The Hall–Kier alpha value is -1.78. The van der Waals surface area contributed by atoms with Crippen molar-refractivity contribution in [3.63, 3.8) is 0 Å². The Bertz CT molecular complexity index is 518. The summed E-state index contributed by atoms with van der Waals surface area (Å²) < 4.78 is 0. The standard InChI is InChI=1S/C18H31N5/c1-5-18(10-6-7-11-18)14-22-17(19-2)21-13-15-9-8-12-20-16(15)23(3)4/h8-9,12H,5-7,10-11,13-14H2,1-4H3,(H2,19,21,22). The summed E-state index contributed by atoms with van der Waals surface area (Å²) in [5.41, 5.74) is 1.63. The second-order valence-corrected chi connectivity index (χ2v) is 6.72. The lowest BCUT2D eigenvalue weighted by Gasteiger charge is -2.28. The Balaban J connectivity index is 1.91. The predicted octanol–water partition coefficient (Wildman–Crippen LogP) is 2.78. The maximum atomic E-state index is 4.44. The van der Waals surface area contributed by atoms with Gasteiger partial charge in [-0.2, -0.15) is 0 Å². The van der Waals surface area contributed by atoms with Crippen molar-refractivity contribution in [3.8, 4) is 0 Å². The van der Waals surface area contributed by atoms with Gasteiger partial charge in [0.25, 0.3) is 0 Å². The van der Waals surface area contributed by atoms with Gasteiger partial charge in [0.15, 0.2) is 5.96 Å². The monoisotopic (exact) mass is 317 g/mol. The molecule has 2 rings (SSSR count). The molecule has 128 valence electrons. The van der Waals surface area contributed by atoms with Crippen molar-refractivity contribution >= 4 is 11.8 Å². The Morgan fingerprint density at radius 3 is 2.65 bits per heavy atom. The number of guanidine groups is 1. The summed E-state index contributed by atoms with van der Waals surface area (Å²) >= 11 is 0. The minimum Gasteiger partial charge on any atom is -0.362 e. The van der Waals surface area contributed by atoms with Crippen LogP contribution in [0.1, 0.15) is 44.6 Å². The van der Waals surface area contributed by atoms with E-state index in [-0.39, 0.29) is 0 Å². The molecule has 23 heavy (non-hydrogen) atoms. The molecule has 5 nitrogen and oxygen atoms in total. The molecule has 2 N–H and O–H groups in total. The molecule has 0 aromatic carbocycles. The third-order valence-corrected chi connectivity index (χ3v) is 5.01. The SMILES string of the molecule is CCC1(CNC(=NC)NCc2cccnc2N(C)C)CCCC1. The quantitative estimate of drug-likeness (QED) is 0.626. The van der Waals surface area contributed by atoms with Gasteiger partial charge in [-0.05, 0) is 30.7 Å². The van der Waals surface area contributed by atoms with Crippen LogP contribution >= 0.6 is 0 Å². The summed E-state index contributed by atoms with van der Waals surface area (Å²) in [6, 6.07) is 4.08. The first-order valence-electron chi connectivity index (χ1n) is 8.66. The number of nitrogens with zero attached hydrogens (tertiary/aromatic N) is 3. The van der Waals surface area contributed by atoms with Gasteiger partial charge >= 0.3 is 0 Å². The average Bonchev–Trinajstić information content (AvgIpc) is 3.04. The molecular weight excluding hydrogens is 286 g/mol. The lowest BCUT2D eigenvalue weighted by Crippen LogP contribution is -2.42. The molecule has 0 unspecified atom stereocenters. The summed E-state index contributed by atoms with van der Waals surface area (Å²) in [5.74, 6) is 1.87. The lowest BCUT2D eigenvalue weighted by molar-refractivity contribution is 0.283. The van der Waals surface area contributed by atoms with E-state index >= 15 is 0 Å². The van der Waals surface area contributed by atoms with Gasteiger partial charge in [0.2, 0.25) is 0 Å². The third-order valence-electron chi connectivity index (χ3n) is 5.01. The van der Waals surface area contributed by atoms with Gasteiger partial charge < -0.3 is 15.5 Å². The topological polar surface area (TPSA) is 52.6 Å². The van der Waals surface area contributed by atoms with Crippen LogP contribution in [0.4, 0.5) is 5.82 Å². The fourth-order valence-corrected chi connectivity index (χ4v) is 3.42. The summed E-state index contributed by atoms with van der Waals surface area (Å²) in [5, 5.41) is 6.95. The molecule has 0 amide bonds. The molecule has 1 aromatic heterocycles. The Morgan fingerprint density at radius 2 is 2.04 bits per heavy atom. The van der Waals surface area contributed by atoms with Crippen molar-refractivity contribution in [2.45, 2.75) is 45.6 Å². The van der Waals surface area contributed by atoms with Crippen molar-refractivity contribution < 1.29 is 0 Å². The van der Waals surface area contributed by atoms with Gasteiger partial charge in [-0.25, -0.2) is 4.98 Å². The first-order chi connectivity index (χ1) is 11.1. The van der Waals surface area contributed by atoms with Crippen LogP contribution in [0.3, 0.4) is 0 Å². The minimum absolute atomic E-state index is 0.459. The summed E-state index contributed by atoms with van der Waals surface area (Å²) in [6.45, 7) is 4.04. The molecule has 1 heterocycles. The lowest BCUT2D eigenvalue weighted by atomic mass is 9.83. The number of hydrogen-bond donors (Lipinski definition) is 2. The van der Waals surface area contributed by atoms with Crippen LogP contribution in [-0.4, -0.2) is 38.6 Å². The third kappa shape index (κ3) is 4.60. The van der Waals surface area contributed by atoms with E-state index in [1.807, 2.05) is 38.3 Å². The second-order valence-electron chi connectivity index (χ2n) is 6.72.